The van der Waals surface area contributed by atoms with E-state index in [0.717, 1.165) is 12.2 Å². The number of hydrogen-bond acceptors (Lipinski definition) is 2. The molecule has 0 saturated heterocycles. The Labute approximate surface area is 119 Å². The normalized spacial score (nSPS) is 12.1. The highest BCUT2D eigenvalue weighted by atomic mass is 32.2. The molecule has 19 heavy (non-hydrogen) atoms. The Hall–Kier alpha value is -1.54. The zero-order chi connectivity index (χ0) is 13.5. The molecule has 2 heteroatoms. The van der Waals surface area contributed by atoms with E-state index in [1.54, 1.807) is 0 Å². The Kier molecular flexibility index (Phi) is 5.22. The first-order valence-corrected chi connectivity index (χ1v) is 7.49. The van der Waals surface area contributed by atoms with Crippen LogP contribution in [0.1, 0.15) is 18.1 Å². The predicted molar refractivity (Wildman–Crippen MR) is 82.1 cm³/mol. The fourth-order valence-electron chi connectivity index (χ4n) is 1.92. The first-order chi connectivity index (χ1) is 9.25. The van der Waals surface area contributed by atoms with E-state index in [2.05, 4.69) is 24.3 Å². The second-order valence-electron chi connectivity index (χ2n) is 4.68. The van der Waals surface area contributed by atoms with Gasteiger partial charge in [-0.3, -0.25) is 4.79 Å². The Balaban J connectivity index is 1.83. The van der Waals surface area contributed by atoms with Crippen molar-refractivity contribution in [3.05, 3.63) is 71.8 Å². The van der Waals surface area contributed by atoms with Gasteiger partial charge in [-0.15, -0.1) is 0 Å². The quantitative estimate of drug-likeness (QED) is 0.804. The number of rotatable bonds is 5. The van der Waals surface area contributed by atoms with Crippen LogP contribution in [0.2, 0.25) is 0 Å². The third-order valence-electron chi connectivity index (χ3n) is 3.01. The van der Waals surface area contributed by atoms with Crippen LogP contribution in [-0.4, -0.2) is 5.12 Å². The molecule has 0 spiro atoms. The lowest BCUT2D eigenvalue weighted by molar-refractivity contribution is -0.113. The van der Waals surface area contributed by atoms with Crippen LogP contribution in [0.5, 0.6) is 0 Å². The zero-order valence-electron chi connectivity index (χ0n) is 11.1. The molecule has 0 radical (unpaired) electrons. The molecule has 2 aromatic rings. The van der Waals surface area contributed by atoms with Crippen LogP contribution < -0.4 is 0 Å². The lowest BCUT2D eigenvalue weighted by Crippen LogP contribution is -2.10. The van der Waals surface area contributed by atoms with Crippen molar-refractivity contribution in [3.8, 4) is 0 Å². The smallest absolute Gasteiger partial charge is 0.192 e. The summed E-state index contributed by atoms with van der Waals surface area (Å²) in [6.07, 6.45) is 0.821. The average Bonchev–Trinajstić information content (AvgIpc) is 2.47. The predicted octanol–water partition coefficient (Wildman–Crippen LogP) is 4.33. The summed E-state index contributed by atoms with van der Waals surface area (Å²) >= 11 is 1.42. The van der Waals surface area contributed by atoms with Crippen molar-refractivity contribution < 1.29 is 4.79 Å². The molecular weight excluding hydrogens is 252 g/mol. The summed E-state index contributed by atoms with van der Waals surface area (Å²) in [6, 6.07) is 20.3. The van der Waals surface area contributed by atoms with Crippen LogP contribution in [-0.2, 0) is 17.0 Å². The van der Waals surface area contributed by atoms with Gasteiger partial charge in [0, 0.05) is 11.7 Å². The Morgan fingerprint density at radius 1 is 0.947 bits per heavy atom. The Bertz CT molecular complexity index is 507. The van der Waals surface area contributed by atoms with Crippen molar-refractivity contribution in [2.24, 2.45) is 5.92 Å². The standard InChI is InChI=1S/C17H18OS/c1-14(12-15-8-4-2-5-9-15)17(18)19-13-16-10-6-3-7-11-16/h2-11,14H,12-13H2,1H3. The van der Waals surface area contributed by atoms with Crippen LogP contribution in [0.25, 0.3) is 0 Å². The van der Waals surface area contributed by atoms with Crippen molar-refractivity contribution in [1.82, 2.24) is 0 Å². The highest BCUT2D eigenvalue weighted by Crippen LogP contribution is 2.20. The molecule has 0 heterocycles. The second-order valence-corrected chi connectivity index (χ2v) is 5.66. The topological polar surface area (TPSA) is 17.1 Å². The maximum atomic E-state index is 12.1. The molecule has 0 saturated carbocycles. The highest BCUT2D eigenvalue weighted by Gasteiger charge is 2.14. The minimum absolute atomic E-state index is 0.0658. The third kappa shape index (κ3) is 4.56. The summed E-state index contributed by atoms with van der Waals surface area (Å²) in [5.41, 5.74) is 2.43. The SMILES string of the molecule is CC(Cc1ccccc1)C(=O)SCc1ccccc1. The van der Waals surface area contributed by atoms with E-state index in [1.807, 2.05) is 43.3 Å². The van der Waals surface area contributed by atoms with Gasteiger partial charge in [-0.2, -0.15) is 0 Å². The van der Waals surface area contributed by atoms with Gasteiger partial charge in [0.2, 0.25) is 0 Å². The molecule has 0 bridgehead atoms. The van der Waals surface area contributed by atoms with Crippen LogP contribution in [0.4, 0.5) is 0 Å². The van der Waals surface area contributed by atoms with Gasteiger partial charge in [0.05, 0.1) is 0 Å². The molecule has 98 valence electrons. The summed E-state index contributed by atoms with van der Waals surface area (Å²) in [5.74, 6) is 0.829. The van der Waals surface area contributed by atoms with E-state index in [1.165, 1.54) is 22.9 Å². The molecule has 0 N–H and O–H groups in total. The number of hydrogen-bond donors (Lipinski definition) is 0. The van der Waals surface area contributed by atoms with Crippen LogP contribution in [0.3, 0.4) is 0 Å². The highest BCUT2D eigenvalue weighted by molar-refractivity contribution is 8.13. The van der Waals surface area contributed by atoms with E-state index in [-0.39, 0.29) is 11.0 Å². The van der Waals surface area contributed by atoms with Gasteiger partial charge in [-0.05, 0) is 17.5 Å². The number of thioether (sulfide) groups is 1. The molecule has 0 fully saturated rings. The fraction of sp³-hybridized carbons (Fsp3) is 0.235. The summed E-state index contributed by atoms with van der Waals surface area (Å²) in [7, 11) is 0. The molecule has 0 aliphatic heterocycles. The monoisotopic (exact) mass is 270 g/mol. The molecule has 0 aliphatic carbocycles. The molecule has 2 rings (SSSR count). The fourth-order valence-corrected chi connectivity index (χ4v) is 2.79. The molecule has 1 unspecified atom stereocenters. The number of carbonyl (C=O) groups is 1. The maximum Gasteiger partial charge on any atom is 0.192 e. The number of benzene rings is 2. The molecule has 1 nitrogen and oxygen atoms in total. The molecule has 0 amide bonds. The Morgan fingerprint density at radius 3 is 2.05 bits per heavy atom. The summed E-state index contributed by atoms with van der Waals surface area (Å²) in [5, 5.41) is 0.271. The van der Waals surface area contributed by atoms with E-state index >= 15 is 0 Å². The minimum atomic E-state index is 0.0658. The van der Waals surface area contributed by atoms with E-state index in [0.29, 0.717) is 0 Å². The largest absolute Gasteiger partial charge is 0.287 e. The summed E-state index contributed by atoms with van der Waals surface area (Å²) in [4.78, 5) is 12.1. The van der Waals surface area contributed by atoms with Gasteiger partial charge in [0.1, 0.15) is 0 Å². The summed E-state index contributed by atoms with van der Waals surface area (Å²) < 4.78 is 0. The summed E-state index contributed by atoms with van der Waals surface area (Å²) in [6.45, 7) is 2.01. The molecular formula is C17H18OS. The van der Waals surface area contributed by atoms with Crippen molar-refractivity contribution in [3.63, 3.8) is 0 Å². The third-order valence-corrected chi connectivity index (χ3v) is 4.18. The second kappa shape index (κ2) is 7.15. The van der Waals surface area contributed by atoms with E-state index < -0.39 is 0 Å². The molecule has 1 atom stereocenters. The number of carbonyl (C=O) groups excluding carboxylic acids is 1. The van der Waals surface area contributed by atoms with E-state index in [4.69, 9.17) is 0 Å². The van der Waals surface area contributed by atoms with Crippen molar-refractivity contribution in [2.45, 2.75) is 19.1 Å². The van der Waals surface area contributed by atoms with E-state index in [9.17, 15) is 4.79 Å². The Morgan fingerprint density at radius 2 is 1.47 bits per heavy atom. The van der Waals surface area contributed by atoms with Gasteiger partial charge < -0.3 is 0 Å². The zero-order valence-corrected chi connectivity index (χ0v) is 11.9. The van der Waals surface area contributed by atoms with Gasteiger partial charge in [0.25, 0.3) is 0 Å². The van der Waals surface area contributed by atoms with Crippen molar-refractivity contribution in [2.75, 3.05) is 0 Å². The van der Waals surface area contributed by atoms with Crippen LogP contribution in [0.15, 0.2) is 60.7 Å². The van der Waals surface area contributed by atoms with Gasteiger partial charge in [-0.1, -0.05) is 79.3 Å². The van der Waals surface area contributed by atoms with Gasteiger partial charge in [0.15, 0.2) is 5.12 Å². The van der Waals surface area contributed by atoms with Crippen molar-refractivity contribution >= 4 is 16.9 Å². The first kappa shape index (κ1) is 13.9. The molecule has 0 aromatic heterocycles. The maximum absolute atomic E-state index is 12.1. The molecule has 0 aliphatic rings. The lowest BCUT2D eigenvalue weighted by Gasteiger charge is -2.10. The average molecular weight is 270 g/mol. The minimum Gasteiger partial charge on any atom is -0.287 e. The first-order valence-electron chi connectivity index (χ1n) is 6.50. The van der Waals surface area contributed by atoms with Gasteiger partial charge >= 0.3 is 0 Å². The van der Waals surface area contributed by atoms with Crippen molar-refractivity contribution in [1.29, 1.82) is 0 Å². The molecule has 2 aromatic carbocycles. The van der Waals surface area contributed by atoms with Crippen LogP contribution >= 0.6 is 11.8 Å². The lowest BCUT2D eigenvalue weighted by atomic mass is 10.0. The van der Waals surface area contributed by atoms with Gasteiger partial charge in [-0.25, -0.2) is 0 Å². The van der Waals surface area contributed by atoms with Crippen LogP contribution in [0, 0.1) is 5.92 Å².